The minimum Gasteiger partial charge on any atom is -0.508 e. The van der Waals surface area contributed by atoms with Gasteiger partial charge in [-0.25, -0.2) is 9.59 Å². The van der Waals surface area contributed by atoms with Gasteiger partial charge in [0, 0.05) is 6.08 Å². The van der Waals surface area contributed by atoms with Crippen LogP contribution in [0.1, 0.15) is 38.8 Å². The van der Waals surface area contributed by atoms with Crippen molar-refractivity contribution in [1.82, 2.24) is 0 Å². The molecule has 41 heavy (non-hydrogen) atoms. The lowest BCUT2D eigenvalue weighted by Crippen LogP contribution is -2.38. The van der Waals surface area contributed by atoms with Crippen LogP contribution in [0.5, 0.6) is 23.0 Å². The SMILES string of the molecule is COc1cc(C=CC(=O)C=C(O)C=Cc2ccc(OC(=O)[C@@H](N)C(C)C)c(OC)c2)ccc1OC(=O)[C@@H](N)C(C)C. The van der Waals surface area contributed by atoms with Crippen molar-refractivity contribution in [2.24, 2.45) is 23.3 Å². The first-order chi connectivity index (χ1) is 19.4. The fourth-order valence-electron chi connectivity index (χ4n) is 3.24. The molecule has 0 unspecified atom stereocenters. The monoisotopic (exact) mass is 566 g/mol. The van der Waals surface area contributed by atoms with Crippen LogP contribution < -0.4 is 30.4 Å². The Hall–Kier alpha value is -4.41. The van der Waals surface area contributed by atoms with Crippen molar-refractivity contribution in [3.8, 4) is 23.0 Å². The Kier molecular flexibility index (Phi) is 12.3. The minimum atomic E-state index is -0.773. The first kappa shape index (κ1) is 32.8. The van der Waals surface area contributed by atoms with E-state index < -0.39 is 29.8 Å². The molecule has 10 heteroatoms. The summed E-state index contributed by atoms with van der Waals surface area (Å²) in [5.74, 6) is -1.04. The highest BCUT2D eigenvalue weighted by atomic mass is 16.6. The number of carbonyl (C=O) groups excluding carboxylic acids is 3. The lowest BCUT2D eigenvalue weighted by Gasteiger charge is -2.16. The Bertz CT molecular complexity index is 1330. The topological polar surface area (TPSA) is 160 Å². The van der Waals surface area contributed by atoms with Crippen LogP contribution in [0, 0.1) is 11.8 Å². The largest absolute Gasteiger partial charge is 0.508 e. The van der Waals surface area contributed by atoms with Crippen LogP contribution in [0.3, 0.4) is 0 Å². The van der Waals surface area contributed by atoms with Gasteiger partial charge in [0.15, 0.2) is 28.8 Å². The highest BCUT2D eigenvalue weighted by molar-refractivity contribution is 6.02. The number of hydrogen-bond donors (Lipinski definition) is 3. The molecular weight excluding hydrogens is 528 g/mol. The van der Waals surface area contributed by atoms with Crippen LogP contribution in [-0.4, -0.2) is 49.1 Å². The molecule has 0 heterocycles. The number of ketones is 1. The molecule has 0 aliphatic carbocycles. The van der Waals surface area contributed by atoms with E-state index >= 15 is 0 Å². The third kappa shape index (κ3) is 9.93. The number of benzene rings is 2. The number of hydrogen-bond acceptors (Lipinski definition) is 10. The molecule has 0 aliphatic heterocycles. The number of aliphatic hydroxyl groups is 1. The lowest BCUT2D eigenvalue weighted by molar-refractivity contribution is -0.137. The third-order valence-corrected chi connectivity index (χ3v) is 5.95. The zero-order chi connectivity index (χ0) is 30.7. The number of rotatable bonds is 13. The highest BCUT2D eigenvalue weighted by Crippen LogP contribution is 2.30. The van der Waals surface area contributed by atoms with Gasteiger partial charge < -0.3 is 35.5 Å². The van der Waals surface area contributed by atoms with Gasteiger partial charge in [0.1, 0.15) is 17.8 Å². The van der Waals surface area contributed by atoms with Gasteiger partial charge in [-0.1, -0.05) is 52.0 Å². The molecule has 2 aromatic rings. The van der Waals surface area contributed by atoms with E-state index in [2.05, 4.69) is 0 Å². The number of nitrogens with two attached hydrogens (primary N) is 2. The molecule has 10 nitrogen and oxygen atoms in total. The van der Waals surface area contributed by atoms with Crippen molar-refractivity contribution in [3.63, 3.8) is 0 Å². The standard InChI is InChI=1S/C31H38N2O8/c1-18(2)28(32)30(36)40-24-13-9-20(15-26(24)38-5)7-11-22(34)17-23(35)12-8-21-10-14-25(27(16-21)39-6)41-31(37)29(33)19(3)4/h7-19,28-29,34H,32-33H2,1-6H3/t28-,29-/m0/s1. The molecule has 0 fully saturated rings. The molecule has 0 bridgehead atoms. The van der Waals surface area contributed by atoms with Crippen molar-refractivity contribution >= 4 is 29.9 Å². The number of ether oxygens (including phenoxy) is 4. The summed E-state index contributed by atoms with van der Waals surface area (Å²) >= 11 is 0. The average molecular weight is 567 g/mol. The quantitative estimate of drug-likeness (QED) is 0.105. The fraction of sp³-hybridized carbons (Fsp3) is 0.323. The fourth-order valence-corrected chi connectivity index (χ4v) is 3.24. The van der Waals surface area contributed by atoms with Crippen LogP contribution in [-0.2, 0) is 14.4 Å². The zero-order valence-corrected chi connectivity index (χ0v) is 24.1. The van der Waals surface area contributed by atoms with Gasteiger partial charge in [0.25, 0.3) is 0 Å². The van der Waals surface area contributed by atoms with Crippen molar-refractivity contribution in [3.05, 3.63) is 71.5 Å². The molecule has 2 rings (SSSR count). The molecule has 2 atom stereocenters. The number of aliphatic hydroxyl groups excluding tert-OH is 1. The van der Waals surface area contributed by atoms with E-state index in [0.717, 1.165) is 6.08 Å². The Morgan fingerprint density at radius 3 is 1.51 bits per heavy atom. The summed E-state index contributed by atoms with van der Waals surface area (Å²) in [6.07, 6.45) is 6.75. The van der Waals surface area contributed by atoms with Crippen LogP contribution in [0.15, 0.2) is 60.4 Å². The summed E-state index contributed by atoms with van der Waals surface area (Å²) in [6.45, 7) is 7.27. The van der Waals surface area contributed by atoms with E-state index in [1.165, 1.54) is 32.4 Å². The Labute approximate surface area is 240 Å². The summed E-state index contributed by atoms with van der Waals surface area (Å²) in [6, 6.07) is 8.06. The van der Waals surface area contributed by atoms with Crippen molar-refractivity contribution in [2.75, 3.05) is 14.2 Å². The zero-order valence-electron chi connectivity index (χ0n) is 24.1. The second kappa shape index (κ2) is 15.4. The first-order valence-corrected chi connectivity index (χ1v) is 13.0. The second-order valence-electron chi connectivity index (χ2n) is 9.84. The van der Waals surface area contributed by atoms with Crippen LogP contribution in [0.2, 0.25) is 0 Å². The van der Waals surface area contributed by atoms with Crippen LogP contribution in [0.4, 0.5) is 0 Å². The molecule has 0 spiro atoms. The number of carbonyl (C=O) groups is 3. The Morgan fingerprint density at radius 1 is 0.707 bits per heavy atom. The van der Waals surface area contributed by atoms with Crippen LogP contribution >= 0.6 is 0 Å². The smallest absolute Gasteiger partial charge is 0.328 e. The van der Waals surface area contributed by atoms with E-state index in [1.807, 2.05) is 27.7 Å². The Morgan fingerprint density at radius 2 is 1.12 bits per heavy atom. The third-order valence-electron chi connectivity index (χ3n) is 5.95. The van der Waals surface area contributed by atoms with E-state index in [1.54, 1.807) is 42.5 Å². The molecular formula is C31H38N2O8. The predicted molar refractivity (Wildman–Crippen MR) is 157 cm³/mol. The molecule has 0 aromatic heterocycles. The highest BCUT2D eigenvalue weighted by Gasteiger charge is 2.22. The molecule has 0 saturated carbocycles. The van der Waals surface area contributed by atoms with Gasteiger partial charge in [-0.2, -0.15) is 0 Å². The van der Waals surface area contributed by atoms with Crippen molar-refractivity contribution < 1.29 is 38.4 Å². The summed E-state index contributed by atoms with van der Waals surface area (Å²) < 4.78 is 21.3. The molecule has 0 amide bonds. The minimum absolute atomic E-state index is 0.0858. The van der Waals surface area contributed by atoms with Gasteiger partial charge in [-0.15, -0.1) is 0 Å². The summed E-state index contributed by atoms with van der Waals surface area (Å²) in [5.41, 5.74) is 12.9. The number of esters is 2. The van der Waals surface area contributed by atoms with Crippen molar-refractivity contribution in [1.29, 1.82) is 0 Å². The van der Waals surface area contributed by atoms with Gasteiger partial charge in [-0.3, -0.25) is 4.79 Å². The second-order valence-corrected chi connectivity index (χ2v) is 9.84. The van der Waals surface area contributed by atoms with E-state index in [4.69, 9.17) is 30.4 Å². The summed E-state index contributed by atoms with van der Waals surface area (Å²) in [7, 11) is 2.86. The molecule has 0 radical (unpaired) electrons. The van der Waals surface area contributed by atoms with Gasteiger partial charge in [0.05, 0.1) is 14.2 Å². The average Bonchev–Trinajstić information content (AvgIpc) is 2.94. The number of methoxy groups -OCH3 is 2. The molecule has 2 aromatic carbocycles. The van der Waals surface area contributed by atoms with E-state index in [0.29, 0.717) is 22.6 Å². The van der Waals surface area contributed by atoms with Gasteiger partial charge in [0.2, 0.25) is 0 Å². The van der Waals surface area contributed by atoms with Crippen molar-refractivity contribution in [2.45, 2.75) is 39.8 Å². The maximum absolute atomic E-state index is 12.3. The summed E-state index contributed by atoms with van der Waals surface area (Å²) in [5, 5.41) is 10.2. The lowest BCUT2D eigenvalue weighted by atomic mass is 10.1. The molecule has 220 valence electrons. The Balaban J connectivity index is 2.07. The molecule has 5 N–H and O–H groups in total. The number of allylic oxidation sites excluding steroid dienone is 3. The van der Waals surface area contributed by atoms with Gasteiger partial charge in [-0.05, 0) is 59.4 Å². The normalized spacial score (nSPS) is 13.5. The van der Waals surface area contributed by atoms with E-state index in [9.17, 15) is 19.5 Å². The van der Waals surface area contributed by atoms with E-state index in [-0.39, 0.29) is 29.1 Å². The predicted octanol–water partition coefficient (Wildman–Crippen LogP) is 4.22. The maximum Gasteiger partial charge on any atom is 0.328 e. The van der Waals surface area contributed by atoms with Gasteiger partial charge >= 0.3 is 11.9 Å². The molecule has 0 saturated heterocycles. The molecule has 0 aliphatic rings. The first-order valence-electron chi connectivity index (χ1n) is 13.0. The maximum atomic E-state index is 12.3. The van der Waals surface area contributed by atoms with Crippen LogP contribution in [0.25, 0.3) is 12.2 Å². The summed E-state index contributed by atoms with van der Waals surface area (Å²) in [4.78, 5) is 36.7.